The van der Waals surface area contributed by atoms with E-state index in [0.717, 1.165) is 4.47 Å². The fraction of sp³-hybridized carbons (Fsp3) is 0.214. The molecule has 3 aromatic rings. The average Bonchev–Trinajstić information content (AvgIpc) is 3.28. The van der Waals surface area contributed by atoms with Gasteiger partial charge in [-0.3, -0.25) is 19.0 Å². The van der Waals surface area contributed by atoms with Crippen LogP contribution in [-0.2, 0) is 13.7 Å². The van der Waals surface area contributed by atoms with Crippen molar-refractivity contribution in [2.75, 3.05) is 12.4 Å². The molecule has 0 atom stereocenters. The van der Waals surface area contributed by atoms with Crippen LogP contribution in [0.5, 0.6) is 0 Å². The second-order valence-electron chi connectivity index (χ2n) is 5.18. The van der Waals surface area contributed by atoms with Crippen molar-refractivity contribution >= 4 is 33.4 Å². The molecule has 0 saturated carbocycles. The Hall–Kier alpha value is -2.95. The Morgan fingerprint density at radius 1 is 1.20 bits per heavy atom. The number of carbonyl (C=O) groups is 2. The highest BCUT2D eigenvalue weighted by Crippen LogP contribution is 2.14. The topological polar surface area (TPSA) is 112 Å². The van der Waals surface area contributed by atoms with Gasteiger partial charge in [-0.1, -0.05) is 0 Å². The number of nitrogens with one attached hydrogen (secondary N) is 2. The second-order valence-corrected chi connectivity index (χ2v) is 6.09. The first-order valence-electron chi connectivity index (χ1n) is 7.24. The predicted octanol–water partition coefficient (Wildman–Crippen LogP) is 0.693. The third-order valence-corrected chi connectivity index (χ3v) is 3.69. The Morgan fingerprint density at radius 2 is 2.00 bits per heavy atom. The molecule has 130 valence electrons. The molecule has 0 aliphatic rings. The van der Waals surface area contributed by atoms with Crippen LogP contribution in [0.1, 0.15) is 21.0 Å². The number of halogens is 1. The van der Waals surface area contributed by atoms with Crippen molar-refractivity contribution in [3.05, 3.63) is 46.7 Å². The van der Waals surface area contributed by atoms with Gasteiger partial charge >= 0.3 is 0 Å². The van der Waals surface area contributed by atoms with Crippen LogP contribution in [0.4, 0.5) is 5.69 Å². The molecule has 0 unspecified atom stereocenters. The third-order valence-electron chi connectivity index (χ3n) is 3.28. The van der Waals surface area contributed by atoms with Crippen molar-refractivity contribution in [1.29, 1.82) is 0 Å². The minimum atomic E-state index is -0.432. The average molecular weight is 407 g/mol. The Morgan fingerprint density at radius 3 is 2.68 bits per heavy atom. The molecule has 0 radical (unpaired) electrons. The summed E-state index contributed by atoms with van der Waals surface area (Å²) in [6, 6.07) is 1.59. The van der Waals surface area contributed by atoms with E-state index in [1.54, 1.807) is 47.3 Å². The SMILES string of the molecule is CNC(=O)c1nn(C)cc1NC(=O)c1ccn(Cn2cc(Br)cn2)n1. The highest BCUT2D eigenvalue weighted by molar-refractivity contribution is 9.10. The minimum Gasteiger partial charge on any atom is -0.354 e. The number of aryl methyl sites for hydroxylation is 1. The van der Waals surface area contributed by atoms with Crippen molar-refractivity contribution in [2.24, 2.45) is 7.05 Å². The van der Waals surface area contributed by atoms with E-state index in [2.05, 4.69) is 41.9 Å². The Kier molecular flexibility index (Phi) is 4.65. The van der Waals surface area contributed by atoms with Gasteiger partial charge in [-0.25, -0.2) is 4.68 Å². The number of anilines is 1. The number of hydrogen-bond acceptors (Lipinski definition) is 5. The van der Waals surface area contributed by atoms with Crippen LogP contribution in [0.25, 0.3) is 0 Å². The summed E-state index contributed by atoms with van der Waals surface area (Å²) < 4.78 is 5.56. The zero-order valence-corrected chi connectivity index (χ0v) is 15.1. The molecule has 0 fully saturated rings. The lowest BCUT2D eigenvalue weighted by Crippen LogP contribution is -2.22. The first-order chi connectivity index (χ1) is 12.0. The maximum absolute atomic E-state index is 12.4. The summed E-state index contributed by atoms with van der Waals surface area (Å²) in [5, 5.41) is 17.5. The molecule has 11 heteroatoms. The van der Waals surface area contributed by atoms with E-state index in [9.17, 15) is 9.59 Å². The third kappa shape index (κ3) is 3.76. The summed E-state index contributed by atoms with van der Waals surface area (Å²) in [7, 11) is 3.16. The number of aromatic nitrogens is 6. The van der Waals surface area contributed by atoms with Crippen LogP contribution in [0.15, 0.2) is 35.3 Å². The molecule has 0 spiro atoms. The van der Waals surface area contributed by atoms with E-state index in [0.29, 0.717) is 12.4 Å². The smallest absolute Gasteiger partial charge is 0.276 e. The standard InChI is InChI=1S/C14H15BrN8O2/c1-16-14(25)12-11(7-21(2)20-12)18-13(24)10-3-4-22(19-10)8-23-6-9(15)5-17-23/h3-7H,8H2,1-2H3,(H,16,25)(H,18,24). The molecule has 0 aromatic carbocycles. The molecule has 10 nitrogen and oxygen atoms in total. The maximum atomic E-state index is 12.4. The lowest BCUT2D eigenvalue weighted by atomic mass is 10.3. The number of amides is 2. The number of nitrogens with zero attached hydrogens (tertiary/aromatic N) is 6. The summed E-state index contributed by atoms with van der Waals surface area (Å²) in [4.78, 5) is 24.2. The maximum Gasteiger partial charge on any atom is 0.276 e. The number of hydrogen-bond donors (Lipinski definition) is 2. The highest BCUT2D eigenvalue weighted by atomic mass is 79.9. The summed E-state index contributed by atoms with van der Waals surface area (Å²) >= 11 is 3.32. The zero-order valence-electron chi connectivity index (χ0n) is 13.5. The van der Waals surface area contributed by atoms with Crippen molar-refractivity contribution in [2.45, 2.75) is 6.67 Å². The van der Waals surface area contributed by atoms with Crippen molar-refractivity contribution < 1.29 is 9.59 Å². The van der Waals surface area contributed by atoms with Gasteiger partial charge in [-0.2, -0.15) is 15.3 Å². The molecular weight excluding hydrogens is 392 g/mol. The van der Waals surface area contributed by atoms with Crippen LogP contribution < -0.4 is 10.6 Å². The fourth-order valence-corrected chi connectivity index (χ4v) is 2.51. The molecule has 3 aromatic heterocycles. The van der Waals surface area contributed by atoms with Crippen LogP contribution in [0.2, 0.25) is 0 Å². The first-order valence-corrected chi connectivity index (χ1v) is 8.04. The van der Waals surface area contributed by atoms with Crippen molar-refractivity contribution in [1.82, 2.24) is 34.7 Å². The summed E-state index contributed by atoms with van der Waals surface area (Å²) in [5.41, 5.74) is 0.675. The summed E-state index contributed by atoms with van der Waals surface area (Å²) in [6.07, 6.45) is 6.70. The van der Waals surface area contributed by atoms with Gasteiger partial charge < -0.3 is 10.6 Å². The van der Waals surface area contributed by atoms with Gasteiger partial charge in [0.1, 0.15) is 6.67 Å². The first kappa shape index (κ1) is 16.9. The number of carbonyl (C=O) groups excluding carboxylic acids is 2. The monoisotopic (exact) mass is 406 g/mol. The zero-order chi connectivity index (χ0) is 18.0. The van der Waals surface area contributed by atoms with Crippen molar-refractivity contribution in [3.63, 3.8) is 0 Å². The van der Waals surface area contributed by atoms with E-state index in [4.69, 9.17) is 0 Å². The molecule has 2 N–H and O–H groups in total. The lowest BCUT2D eigenvalue weighted by Gasteiger charge is -2.03. The predicted molar refractivity (Wildman–Crippen MR) is 92.1 cm³/mol. The molecule has 2 amide bonds. The van der Waals surface area contributed by atoms with Gasteiger partial charge in [0.25, 0.3) is 11.8 Å². The molecule has 0 saturated heterocycles. The molecule has 0 bridgehead atoms. The van der Waals surface area contributed by atoms with E-state index >= 15 is 0 Å². The van der Waals surface area contributed by atoms with Gasteiger partial charge in [-0.05, 0) is 22.0 Å². The lowest BCUT2D eigenvalue weighted by molar-refractivity contribution is 0.0958. The Bertz CT molecular complexity index is 925. The van der Waals surface area contributed by atoms with Crippen molar-refractivity contribution in [3.8, 4) is 0 Å². The summed E-state index contributed by atoms with van der Waals surface area (Å²) in [6.45, 7) is 0.370. The molecule has 0 aliphatic carbocycles. The Labute approximate surface area is 150 Å². The van der Waals surface area contributed by atoms with Gasteiger partial charge in [0.2, 0.25) is 0 Å². The summed E-state index contributed by atoms with van der Waals surface area (Å²) in [5.74, 6) is -0.816. The van der Waals surface area contributed by atoms with Crippen LogP contribution in [0.3, 0.4) is 0 Å². The van der Waals surface area contributed by atoms with Crippen LogP contribution in [0, 0.1) is 0 Å². The second kappa shape index (κ2) is 6.89. The fourth-order valence-electron chi connectivity index (χ4n) is 2.18. The quantitative estimate of drug-likeness (QED) is 0.647. The van der Waals surface area contributed by atoms with E-state index < -0.39 is 5.91 Å². The van der Waals surface area contributed by atoms with Gasteiger partial charge in [0, 0.05) is 32.7 Å². The largest absolute Gasteiger partial charge is 0.354 e. The van der Waals surface area contributed by atoms with E-state index in [-0.39, 0.29) is 17.3 Å². The van der Waals surface area contributed by atoms with Gasteiger partial charge in [0.05, 0.1) is 16.4 Å². The van der Waals surface area contributed by atoms with Crippen LogP contribution >= 0.6 is 15.9 Å². The normalized spacial score (nSPS) is 10.7. The highest BCUT2D eigenvalue weighted by Gasteiger charge is 2.18. The Balaban J connectivity index is 1.73. The molecular formula is C14H15BrN8O2. The molecule has 25 heavy (non-hydrogen) atoms. The minimum absolute atomic E-state index is 0.138. The van der Waals surface area contributed by atoms with Gasteiger partial charge in [0.15, 0.2) is 11.4 Å². The molecule has 3 rings (SSSR count). The molecule has 0 aliphatic heterocycles. The van der Waals surface area contributed by atoms with E-state index in [1.165, 1.54) is 11.7 Å². The van der Waals surface area contributed by atoms with E-state index in [1.807, 2.05) is 0 Å². The van der Waals surface area contributed by atoms with Gasteiger partial charge in [-0.15, -0.1) is 0 Å². The van der Waals surface area contributed by atoms with Crippen LogP contribution in [-0.4, -0.2) is 48.2 Å². The molecule has 3 heterocycles. The number of rotatable bonds is 5.